The first-order valence-corrected chi connectivity index (χ1v) is 7.76. The Kier molecular flexibility index (Phi) is 4.54. The first kappa shape index (κ1) is 15.4. The van der Waals surface area contributed by atoms with Crippen molar-refractivity contribution < 1.29 is 17.6 Å². The van der Waals surface area contributed by atoms with Gasteiger partial charge in [0.05, 0.1) is 19.9 Å². The van der Waals surface area contributed by atoms with E-state index in [2.05, 4.69) is 5.32 Å². The van der Waals surface area contributed by atoms with E-state index in [9.17, 15) is 8.42 Å². The van der Waals surface area contributed by atoms with Crippen molar-refractivity contribution in [3.05, 3.63) is 42.4 Å². The van der Waals surface area contributed by atoms with Crippen molar-refractivity contribution in [2.75, 3.05) is 26.5 Å². The molecule has 21 heavy (non-hydrogen) atoms. The zero-order valence-electron chi connectivity index (χ0n) is 12.2. The van der Waals surface area contributed by atoms with E-state index >= 15 is 0 Å². The van der Waals surface area contributed by atoms with Crippen molar-refractivity contribution in [2.24, 2.45) is 0 Å². The molecule has 0 saturated heterocycles. The quantitative estimate of drug-likeness (QED) is 0.885. The number of nitrogens with one attached hydrogen (secondary N) is 1. The van der Waals surface area contributed by atoms with Crippen molar-refractivity contribution in [1.29, 1.82) is 0 Å². The normalized spacial score (nSPS) is 11.6. The Morgan fingerprint density at radius 1 is 1.29 bits per heavy atom. The second-order valence-electron chi connectivity index (χ2n) is 4.59. The summed E-state index contributed by atoms with van der Waals surface area (Å²) in [4.78, 5) is 0.138. The molecule has 2 rings (SSSR count). The predicted molar refractivity (Wildman–Crippen MR) is 79.9 cm³/mol. The summed E-state index contributed by atoms with van der Waals surface area (Å²) in [6, 6.07) is 8.54. The van der Waals surface area contributed by atoms with Crippen molar-refractivity contribution in [3.63, 3.8) is 0 Å². The molecule has 0 amide bonds. The number of furan rings is 1. The molecule has 0 fully saturated rings. The van der Waals surface area contributed by atoms with E-state index in [1.807, 2.05) is 12.1 Å². The molecule has 0 aliphatic heterocycles. The minimum atomic E-state index is -3.53. The van der Waals surface area contributed by atoms with Crippen LogP contribution in [0.15, 0.2) is 45.9 Å². The van der Waals surface area contributed by atoms with Crippen LogP contribution in [0.3, 0.4) is 0 Å². The molecule has 1 heterocycles. The van der Waals surface area contributed by atoms with Crippen LogP contribution in [0, 0.1) is 0 Å². The molecule has 6 nitrogen and oxygen atoms in total. The lowest BCUT2D eigenvalue weighted by atomic mass is 10.3. The van der Waals surface area contributed by atoms with Gasteiger partial charge >= 0.3 is 0 Å². The molecule has 114 valence electrons. The number of methoxy groups -OCH3 is 1. The first-order valence-electron chi connectivity index (χ1n) is 6.32. The van der Waals surface area contributed by atoms with E-state index in [1.54, 1.807) is 18.4 Å². The number of anilines is 1. The van der Waals surface area contributed by atoms with Crippen molar-refractivity contribution in [3.8, 4) is 5.75 Å². The molecule has 0 radical (unpaired) electrons. The molecule has 2 aromatic rings. The molecular weight excluding hydrogens is 292 g/mol. The Labute approximate surface area is 124 Å². The van der Waals surface area contributed by atoms with Gasteiger partial charge in [-0.25, -0.2) is 12.7 Å². The summed E-state index contributed by atoms with van der Waals surface area (Å²) in [6.07, 6.45) is 1.60. The molecule has 0 aliphatic rings. The largest absolute Gasteiger partial charge is 0.495 e. The minimum absolute atomic E-state index is 0.138. The van der Waals surface area contributed by atoms with E-state index < -0.39 is 10.0 Å². The third kappa shape index (κ3) is 3.37. The third-order valence-corrected chi connectivity index (χ3v) is 4.82. The van der Waals surface area contributed by atoms with Crippen LogP contribution in [-0.2, 0) is 16.6 Å². The average Bonchev–Trinajstić information content (AvgIpc) is 2.97. The average molecular weight is 310 g/mol. The second kappa shape index (κ2) is 6.19. The standard InChI is InChI=1S/C14H18N2O4S/c1-16(2)21(17,18)14-7-6-11(9-13(14)19-3)15-10-12-5-4-8-20-12/h4-9,15H,10H2,1-3H3. The molecule has 7 heteroatoms. The number of sulfonamides is 1. The van der Waals surface area contributed by atoms with Crippen LogP contribution in [0.25, 0.3) is 0 Å². The maximum absolute atomic E-state index is 12.2. The summed E-state index contributed by atoms with van der Waals surface area (Å²) >= 11 is 0. The maximum atomic E-state index is 12.2. The Morgan fingerprint density at radius 3 is 2.62 bits per heavy atom. The summed E-state index contributed by atoms with van der Waals surface area (Å²) in [7, 11) is 0.880. The highest BCUT2D eigenvalue weighted by Crippen LogP contribution is 2.29. The van der Waals surface area contributed by atoms with E-state index in [0.717, 1.165) is 15.8 Å². The van der Waals surface area contributed by atoms with Gasteiger partial charge in [0.1, 0.15) is 16.4 Å². The van der Waals surface area contributed by atoms with Crippen LogP contribution < -0.4 is 10.1 Å². The van der Waals surface area contributed by atoms with E-state index in [4.69, 9.17) is 9.15 Å². The van der Waals surface area contributed by atoms with Gasteiger partial charge in [0.2, 0.25) is 10.0 Å². The molecule has 0 bridgehead atoms. The topological polar surface area (TPSA) is 71.8 Å². The fourth-order valence-electron chi connectivity index (χ4n) is 1.79. The van der Waals surface area contributed by atoms with Crippen molar-refractivity contribution >= 4 is 15.7 Å². The van der Waals surface area contributed by atoms with Gasteiger partial charge in [0, 0.05) is 25.8 Å². The zero-order chi connectivity index (χ0) is 15.5. The summed E-state index contributed by atoms with van der Waals surface area (Å²) < 4.78 is 35.9. The highest BCUT2D eigenvalue weighted by molar-refractivity contribution is 7.89. The molecule has 0 spiro atoms. The van der Waals surface area contributed by atoms with Gasteiger partial charge in [-0.3, -0.25) is 0 Å². The van der Waals surface area contributed by atoms with Crippen LogP contribution in [-0.4, -0.2) is 33.9 Å². The number of rotatable bonds is 6. The molecule has 1 aromatic carbocycles. The van der Waals surface area contributed by atoms with Crippen LogP contribution in [0.1, 0.15) is 5.76 Å². The first-order chi connectivity index (χ1) is 9.95. The van der Waals surface area contributed by atoms with Gasteiger partial charge in [-0.1, -0.05) is 0 Å². The maximum Gasteiger partial charge on any atom is 0.246 e. The highest BCUT2D eigenvalue weighted by Gasteiger charge is 2.22. The molecule has 0 atom stereocenters. The Bertz CT molecular complexity index is 694. The molecule has 0 saturated carbocycles. The molecule has 0 unspecified atom stereocenters. The van der Waals surface area contributed by atoms with E-state index in [1.165, 1.54) is 27.3 Å². The Balaban J connectivity index is 2.24. The van der Waals surface area contributed by atoms with Gasteiger partial charge in [0.25, 0.3) is 0 Å². The van der Waals surface area contributed by atoms with Crippen LogP contribution in [0.2, 0.25) is 0 Å². The zero-order valence-corrected chi connectivity index (χ0v) is 13.0. The number of hydrogen-bond donors (Lipinski definition) is 1. The molecular formula is C14H18N2O4S. The smallest absolute Gasteiger partial charge is 0.246 e. The summed E-state index contributed by atoms with van der Waals surface area (Å²) in [5, 5.41) is 3.15. The lowest BCUT2D eigenvalue weighted by Gasteiger charge is -2.15. The summed E-state index contributed by atoms with van der Waals surface area (Å²) in [5.41, 5.74) is 0.751. The predicted octanol–water partition coefficient (Wildman–Crippen LogP) is 2.15. The number of ether oxygens (including phenoxy) is 1. The van der Waals surface area contributed by atoms with E-state index in [-0.39, 0.29) is 4.90 Å². The van der Waals surface area contributed by atoms with Crippen molar-refractivity contribution in [1.82, 2.24) is 4.31 Å². The lowest BCUT2D eigenvalue weighted by molar-refractivity contribution is 0.400. The van der Waals surface area contributed by atoms with Gasteiger partial charge in [-0.2, -0.15) is 0 Å². The number of benzene rings is 1. The molecule has 1 aromatic heterocycles. The summed E-state index contributed by atoms with van der Waals surface area (Å²) in [6.45, 7) is 0.510. The van der Waals surface area contributed by atoms with Crippen LogP contribution in [0.5, 0.6) is 5.75 Å². The Hall–Kier alpha value is -1.99. The minimum Gasteiger partial charge on any atom is -0.495 e. The summed E-state index contributed by atoms with van der Waals surface area (Å²) in [5.74, 6) is 1.09. The third-order valence-electron chi connectivity index (χ3n) is 2.97. The number of hydrogen-bond acceptors (Lipinski definition) is 5. The number of nitrogens with zero attached hydrogens (tertiary/aromatic N) is 1. The Morgan fingerprint density at radius 2 is 2.05 bits per heavy atom. The second-order valence-corrected chi connectivity index (χ2v) is 6.71. The lowest BCUT2D eigenvalue weighted by Crippen LogP contribution is -2.22. The van der Waals surface area contributed by atoms with Gasteiger partial charge in [-0.15, -0.1) is 0 Å². The van der Waals surface area contributed by atoms with Gasteiger partial charge in [0.15, 0.2) is 0 Å². The fraction of sp³-hybridized carbons (Fsp3) is 0.286. The molecule has 0 aliphatic carbocycles. The van der Waals surface area contributed by atoms with Crippen molar-refractivity contribution in [2.45, 2.75) is 11.4 Å². The fourth-order valence-corrected chi connectivity index (χ4v) is 2.82. The highest BCUT2D eigenvalue weighted by atomic mass is 32.2. The monoisotopic (exact) mass is 310 g/mol. The molecule has 1 N–H and O–H groups in total. The van der Waals surface area contributed by atoms with Crippen LogP contribution >= 0.6 is 0 Å². The van der Waals surface area contributed by atoms with Crippen LogP contribution in [0.4, 0.5) is 5.69 Å². The van der Waals surface area contributed by atoms with Gasteiger partial charge < -0.3 is 14.5 Å². The van der Waals surface area contributed by atoms with Gasteiger partial charge in [-0.05, 0) is 24.3 Å². The van der Waals surface area contributed by atoms with E-state index in [0.29, 0.717) is 12.3 Å². The SMILES string of the molecule is COc1cc(NCc2ccco2)ccc1S(=O)(=O)N(C)C.